The van der Waals surface area contributed by atoms with Crippen molar-refractivity contribution in [2.75, 3.05) is 26.9 Å². The molecule has 0 aromatic rings. The summed E-state index contributed by atoms with van der Waals surface area (Å²) in [6.07, 6.45) is 5.19. The third kappa shape index (κ3) is 1.58. The number of ether oxygens (including phenoxy) is 2. The normalized spacial score (nSPS) is 36.6. The van der Waals surface area contributed by atoms with Gasteiger partial charge in [0.25, 0.3) is 0 Å². The maximum absolute atomic E-state index is 13.0. The van der Waals surface area contributed by atoms with Crippen molar-refractivity contribution in [3.8, 4) is 12.3 Å². The average Bonchev–Trinajstić information content (AvgIpc) is 3.19. The molecule has 24 heavy (non-hydrogen) atoms. The van der Waals surface area contributed by atoms with Crippen molar-refractivity contribution in [1.29, 1.82) is 0 Å². The van der Waals surface area contributed by atoms with Gasteiger partial charge in [0.15, 0.2) is 11.5 Å². The van der Waals surface area contributed by atoms with E-state index >= 15 is 0 Å². The lowest BCUT2D eigenvalue weighted by Gasteiger charge is -2.39. The third-order valence-electron chi connectivity index (χ3n) is 5.46. The van der Waals surface area contributed by atoms with E-state index in [1.165, 1.54) is 0 Å². The highest BCUT2D eigenvalue weighted by molar-refractivity contribution is 6.25. The molecule has 2 N–H and O–H groups in total. The lowest BCUT2D eigenvalue weighted by atomic mass is 9.83. The number of Topliss-reactive ketones (excluding diaryl/α,β-unsaturated/α-hetero) is 2. The van der Waals surface area contributed by atoms with Crippen LogP contribution in [0.4, 0.5) is 0 Å². The number of hydrogen-bond acceptors (Lipinski definition) is 7. The quantitative estimate of drug-likeness (QED) is 0.385. The van der Waals surface area contributed by atoms with Crippen molar-refractivity contribution in [1.82, 2.24) is 10.2 Å². The summed E-state index contributed by atoms with van der Waals surface area (Å²) in [5.74, 6) is 1.00. The molecule has 0 bridgehead atoms. The minimum atomic E-state index is -0.906. The number of aliphatic hydroxyl groups is 1. The zero-order valence-electron chi connectivity index (χ0n) is 13.5. The Balaban J connectivity index is 1.82. The molecule has 3 heterocycles. The number of nitrogens with one attached hydrogen (secondary N) is 1. The molecule has 4 unspecified atom stereocenters. The van der Waals surface area contributed by atoms with E-state index in [-0.39, 0.29) is 53.8 Å². The first-order valence-corrected chi connectivity index (χ1v) is 7.83. The highest BCUT2D eigenvalue weighted by atomic mass is 16.5. The zero-order valence-corrected chi connectivity index (χ0v) is 13.5. The van der Waals surface area contributed by atoms with Gasteiger partial charge in [-0.3, -0.25) is 9.59 Å². The average molecular weight is 330 g/mol. The summed E-state index contributed by atoms with van der Waals surface area (Å²) in [6.45, 7) is 1.74. The van der Waals surface area contributed by atoms with Crippen LogP contribution in [0, 0.1) is 18.3 Å². The summed E-state index contributed by atoms with van der Waals surface area (Å²) in [7, 11) is 1.54. The van der Waals surface area contributed by atoms with E-state index in [9.17, 15) is 14.7 Å². The third-order valence-corrected chi connectivity index (χ3v) is 5.46. The highest BCUT2D eigenvalue weighted by Gasteiger charge is 2.72. The van der Waals surface area contributed by atoms with Crippen LogP contribution in [-0.2, 0) is 19.1 Å². The summed E-state index contributed by atoms with van der Waals surface area (Å²) in [6, 6.07) is 0.195. The van der Waals surface area contributed by atoms with Crippen LogP contribution in [0.3, 0.4) is 0 Å². The lowest BCUT2D eigenvalue weighted by Crippen LogP contribution is -2.54. The maximum atomic E-state index is 13.0. The number of nitrogens with zero attached hydrogens (tertiary/aromatic N) is 1. The van der Waals surface area contributed by atoms with Crippen LogP contribution >= 0.6 is 0 Å². The number of allylic oxidation sites excluding steroid dienone is 2. The molecule has 0 saturated carbocycles. The minimum absolute atomic E-state index is 0.0127. The van der Waals surface area contributed by atoms with E-state index in [0.717, 1.165) is 0 Å². The first-order valence-electron chi connectivity index (χ1n) is 7.83. The van der Waals surface area contributed by atoms with Crippen molar-refractivity contribution in [3.63, 3.8) is 0 Å². The fourth-order valence-corrected chi connectivity index (χ4v) is 4.41. The topological polar surface area (TPSA) is 98.0 Å². The second kappa shape index (κ2) is 4.93. The Morgan fingerprint density at radius 1 is 1.46 bits per heavy atom. The molecule has 7 nitrogen and oxygen atoms in total. The van der Waals surface area contributed by atoms with Gasteiger partial charge in [0.05, 0.1) is 24.3 Å². The van der Waals surface area contributed by atoms with Gasteiger partial charge >= 0.3 is 0 Å². The number of carbonyl (C=O) groups is 2. The summed E-state index contributed by atoms with van der Waals surface area (Å²) in [4.78, 5) is 27.7. The number of terminal acetylenes is 1. The van der Waals surface area contributed by atoms with Gasteiger partial charge in [-0.1, -0.05) is 5.92 Å². The molecule has 2 saturated heterocycles. The molecule has 2 fully saturated rings. The van der Waals surface area contributed by atoms with Crippen LogP contribution in [0.1, 0.15) is 6.92 Å². The number of piperazine rings is 1. The Labute approximate surface area is 139 Å². The van der Waals surface area contributed by atoms with E-state index in [4.69, 9.17) is 15.9 Å². The Morgan fingerprint density at radius 2 is 2.21 bits per heavy atom. The fraction of sp³-hybridized carbons (Fsp3) is 0.529. The Bertz CT molecular complexity index is 761. The summed E-state index contributed by atoms with van der Waals surface area (Å²) < 4.78 is 11.1. The van der Waals surface area contributed by atoms with Gasteiger partial charge < -0.3 is 24.8 Å². The van der Waals surface area contributed by atoms with Gasteiger partial charge in [-0.25, -0.2) is 0 Å². The van der Waals surface area contributed by atoms with E-state index in [2.05, 4.69) is 11.2 Å². The van der Waals surface area contributed by atoms with Crippen molar-refractivity contribution in [2.24, 2.45) is 5.92 Å². The van der Waals surface area contributed by atoms with Crippen molar-refractivity contribution in [3.05, 3.63) is 22.6 Å². The van der Waals surface area contributed by atoms with Crippen LogP contribution in [0.2, 0.25) is 0 Å². The van der Waals surface area contributed by atoms with Crippen molar-refractivity contribution >= 4 is 11.6 Å². The molecule has 126 valence electrons. The molecule has 0 aromatic carbocycles. The van der Waals surface area contributed by atoms with Crippen LogP contribution in [0.15, 0.2) is 22.6 Å². The van der Waals surface area contributed by atoms with Crippen molar-refractivity contribution in [2.45, 2.75) is 24.7 Å². The van der Waals surface area contributed by atoms with E-state index in [1.54, 1.807) is 14.0 Å². The molecular formula is C17H18N2O5. The molecule has 0 aromatic heterocycles. The monoisotopic (exact) mass is 330 g/mol. The number of hydrogen-bond donors (Lipinski definition) is 2. The number of rotatable bonds is 4. The van der Waals surface area contributed by atoms with Crippen LogP contribution in [-0.4, -0.2) is 66.2 Å². The second-order valence-corrected chi connectivity index (χ2v) is 6.42. The van der Waals surface area contributed by atoms with Gasteiger partial charge in [-0.05, 0) is 6.92 Å². The summed E-state index contributed by atoms with van der Waals surface area (Å²) in [5, 5.41) is 13.3. The second-order valence-electron chi connectivity index (χ2n) is 6.42. The molecule has 1 aliphatic carbocycles. The smallest absolute Gasteiger partial charge is 0.226 e. The molecule has 4 rings (SSSR count). The number of carbonyl (C=O) groups excluding carboxylic acids is 2. The first-order chi connectivity index (χ1) is 11.5. The predicted molar refractivity (Wildman–Crippen MR) is 82.3 cm³/mol. The molecule has 0 radical (unpaired) electrons. The number of methoxy groups -OCH3 is 1. The maximum Gasteiger partial charge on any atom is 0.226 e. The predicted octanol–water partition coefficient (Wildman–Crippen LogP) is -1.06. The first kappa shape index (κ1) is 15.4. The van der Waals surface area contributed by atoms with E-state index in [1.807, 2.05) is 4.90 Å². The van der Waals surface area contributed by atoms with Gasteiger partial charge in [0, 0.05) is 30.8 Å². The Kier molecular flexibility index (Phi) is 3.16. The molecule has 4 atom stereocenters. The highest BCUT2D eigenvalue weighted by Crippen LogP contribution is 2.55. The standard InChI is InChI=1S/C17H18N2O5/c1-4-5-24-15-8(2)13(21)12-11(14(15)22)9(7-20)17(23-3)16-10(18-16)6-19(12)17/h1,9-10,16,18,20H,5-7H2,2-3H3. The number of aliphatic hydroxyl groups excluding tert-OH is 1. The van der Waals surface area contributed by atoms with Crippen LogP contribution in [0.25, 0.3) is 0 Å². The van der Waals surface area contributed by atoms with Crippen molar-refractivity contribution < 1.29 is 24.2 Å². The van der Waals surface area contributed by atoms with Gasteiger partial charge in [-0.2, -0.15) is 0 Å². The van der Waals surface area contributed by atoms with Crippen LogP contribution < -0.4 is 5.32 Å². The summed E-state index contributed by atoms with van der Waals surface area (Å²) >= 11 is 0. The lowest BCUT2D eigenvalue weighted by molar-refractivity contribution is -0.137. The molecule has 4 aliphatic rings. The van der Waals surface area contributed by atoms with Crippen LogP contribution in [0.5, 0.6) is 0 Å². The number of ketones is 2. The van der Waals surface area contributed by atoms with Gasteiger partial charge in [0.1, 0.15) is 6.61 Å². The Hall–Kier alpha value is -2.14. The summed E-state index contributed by atoms with van der Waals surface area (Å²) in [5.41, 5.74) is -0.0576. The molecule has 3 aliphatic heterocycles. The van der Waals surface area contributed by atoms with E-state index in [0.29, 0.717) is 12.2 Å². The van der Waals surface area contributed by atoms with E-state index < -0.39 is 11.6 Å². The molecule has 0 spiro atoms. The molecule has 7 heteroatoms. The van der Waals surface area contributed by atoms with Gasteiger partial charge in [0.2, 0.25) is 11.6 Å². The zero-order chi connectivity index (χ0) is 17.2. The van der Waals surface area contributed by atoms with Gasteiger partial charge in [-0.15, -0.1) is 6.42 Å². The minimum Gasteiger partial charge on any atom is -0.476 e. The SMILES string of the molecule is C#CCOC1=C(C)C(=O)C2=C(C1=O)C(CO)C1(OC)C3NC3CN21. The molecule has 0 amide bonds. The molecular weight excluding hydrogens is 312 g/mol. The Morgan fingerprint density at radius 3 is 2.83 bits per heavy atom. The fourth-order valence-electron chi connectivity index (χ4n) is 4.41. The number of fused-ring (bicyclic) bond motifs is 4. The largest absolute Gasteiger partial charge is 0.476 e.